The molecule has 1 aliphatic carbocycles. The maximum absolute atomic E-state index is 12.0. The van der Waals surface area contributed by atoms with Crippen molar-refractivity contribution in [3.8, 4) is 0 Å². The molecule has 6 heteroatoms. The second-order valence-corrected chi connectivity index (χ2v) is 5.35. The summed E-state index contributed by atoms with van der Waals surface area (Å²) in [6.07, 6.45) is 2.08. The maximum Gasteiger partial charge on any atom is 0.310 e. The van der Waals surface area contributed by atoms with E-state index >= 15 is 0 Å². The lowest BCUT2D eigenvalue weighted by Gasteiger charge is -2.35. The van der Waals surface area contributed by atoms with Crippen molar-refractivity contribution in [1.82, 2.24) is 0 Å². The predicted octanol–water partition coefficient (Wildman–Crippen LogP) is 1.25. The Bertz CT molecular complexity index is 431. The second-order valence-electron chi connectivity index (χ2n) is 5.35. The topological polar surface area (TPSA) is 78.7 Å². The van der Waals surface area contributed by atoms with Crippen LogP contribution in [0.1, 0.15) is 39.5 Å². The molecule has 1 fully saturated rings. The van der Waals surface area contributed by atoms with Gasteiger partial charge in [-0.25, -0.2) is 4.74 Å². The SMILES string of the molecule is CCOC(=O)C1CC[N+]([O-])=C2CCC(OC(C)=O)CC21. The van der Waals surface area contributed by atoms with Crippen molar-refractivity contribution in [3.05, 3.63) is 5.21 Å². The van der Waals surface area contributed by atoms with E-state index in [4.69, 9.17) is 9.47 Å². The van der Waals surface area contributed by atoms with Gasteiger partial charge in [0.1, 0.15) is 6.10 Å². The van der Waals surface area contributed by atoms with Crippen molar-refractivity contribution in [2.45, 2.75) is 45.6 Å². The van der Waals surface area contributed by atoms with Gasteiger partial charge in [0.2, 0.25) is 0 Å². The van der Waals surface area contributed by atoms with Crippen LogP contribution in [0.3, 0.4) is 0 Å². The van der Waals surface area contributed by atoms with Crippen LogP contribution in [0.5, 0.6) is 0 Å². The Morgan fingerprint density at radius 2 is 2.15 bits per heavy atom. The number of hydroxylamine groups is 1. The molecular weight excluding hydrogens is 262 g/mol. The van der Waals surface area contributed by atoms with Gasteiger partial charge in [-0.3, -0.25) is 9.59 Å². The Labute approximate surface area is 118 Å². The van der Waals surface area contributed by atoms with Gasteiger partial charge in [0.25, 0.3) is 0 Å². The first-order valence-corrected chi connectivity index (χ1v) is 7.17. The summed E-state index contributed by atoms with van der Waals surface area (Å²) >= 11 is 0. The lowest BCUT2D eigenvalue weighted by atomic mass is 9.74. The van der Waals surface area contributed by atoms with Crippen LogP contribution in [0.4, 0.5) is 0 Å². The van der Waals surface area contributed by atoms with Crippen LogP contribution < -0.4 is 0 Å². The van der Waals surface area contributed by atoms with Gasteiger partial charge in [0.15, 0.2) is 12.3 Å². The number of rotatable bonds is 3. The van der Waals surface area contributed by atoms with Gasteiger partial charge in [0.05, 0.1) is 18.4 Å². The van der Waals surface area contributed by atoms with Gasteiger partial charge in [-0.05, 0) is 19.8 Å². The van der Waals surface area contributed by atoms with Gasteiger partial charge < -0.3 is 14.7 Å². The first kappa shape index (κ1) is 14.8. The minimum Gasteiger partial charge on any atom is -0.624 e. The summed E-state index contributed by atoms with van der Waals surface area (Å²) < 4.78 is 11.3. The zero-order valence-corrected chi connectivity index (χ0v) is 12.0. The van der Waals surface area contributed by atoms with Crippen molar-refractivity contribution in [2.75, 3.05) is 13.2 Å². The third-order valence-corrected chi connectivity index (χ3v) is 4.04. The van der Waals surface area contributed by atoms with Crippen LogP contribution in [0, 0.1) is 17.0 Å². The summed E-state index contributed by atoms with van der Waals surface area (Å²) in [5.74, 6) is -1.00. The number of fused-ring (bicyclic) bond motifs is 1. The van der Waals surface area contributed by atoms with Crippen molar-refractivity contribution < 1.29 is 23.8 Å². The third kappa shape index (κ3) is 3.11. The van der Waals surface area contributed by atoms with Gasteiger partial charge in [-0.2, -0.15) is 0 Å². The van der Waals surface area contributed by atoms with Gasteiger partial charge in [0, 0.05) is 19.8 Å². The van der Waals surface area contributed by atoms with Crippen molar-refractivity contribution >= 4 is 17.7 Å². The van der Waals surface area contributed by atoms with Gasteiger partial charge in [-0.15, -0.1) is 0 Å². The molecule has 0 saturated heterocycles. The molecule has 0 aromatic rings. The molecule has 0 bridgehead atoms. The number of hydrogen-bond acceptors (Lipinski definition) is 5. The molecule has 1 heterocycles. The smallest absolute Gasteiger partial charge is 0.310 e. The van der Waals surface area contributed by atoms with E-state index in [1.807, 2.05) is 0 Å². The fourth-order valence-corrected chi connectivity index (χ4v) is 3.21. The first-order valence-electron chi connectivity index (χ1n) is 7.17. The third-order valence-electron chi connectivity index (χ3n) is 4.04. The lowest BCUT2D eigenvalue weighted by Crippen LogP contribution is -2.46. The molecule has 1 saturated carbocycles. The van der Waals surface area contributed by atoms with Crippen LogP contribution in [-0.2, 0) is 19.1 Å². The lowest BCUT2D eigenvalue weighted by molar-refractivity contribution is -0.471. The van der Waals surface area contributed by atoms with Gasteiger partial charge in [-0.1, -0.05) is 0 Å². The van der Waals surface area contributed by atoms with Crippen LogP contribution in [-0.4, -0.2) is 41.6 Å². The molecule has 2 aliphatic rings. The Morgan fingerprint density at radius 1 is 1.40 bits per heavy atom. The summed E-state index contributed by atoms with van der Waals surface area (Å²) in [4.78, 5) is 23.1. The van der Waals surface area contributed by atoms with Crippen LogP contribution in [0.15, 0.2) is 0 Å². The normalized spacial score (nSPS) is 29.6. The monoisotopic (exact) mass is 283 g/mol. The molecule has 0 N–H and O–H groups in total. The number of esters is 2. The molecule has 20 heavy (non-hydrogen) atoms. The molecule has 6 nitrogen and oxygen atoms in total. The van der Waals surface area contributed by atoms with E-state index in [-0.39, 0.29) is 29.9 Å². The number of carbonyl (C=O) groups excluding carboxylic acids is 2. The molecule has 2 rings (SSSR count). The molecule has 0 radical (unpaired) electrons. The number of hydrogen-bond donors (Lipinski definition) is 0. The molecule has 112 valence electrons. The Hall–Kier alpha value is -1.59. The van der Waals surface area contributed by atoms with E-state index < -0.39 is 0 Å². The standard InChI is InChI=1S/C14H21NO5/c1-3-19-14(17)11-6-7-15(18)13-5-4-10(8-12(11)13)20-9(2)16/h10-12H,3-8H2,1-2H3. The predicted molar refractivity (Wildman–Crippen MR) is 71.1 cm³/mol. The number of nitrogens with zero attached hydrogens (tertiary/aromatic N) is 1. The summed E-state index contributed by atoms with van der Waals surface area (Å²) in [5, 5.41) is 11.9. The zero-order valence-electron chi connectivity index (χ0n) is 12.0. The van der Waals surface area contributed by atoms with E-state index in [0.29, 0.717) is 38.8 Å². The molecule has 1 aliphatic heterocycles. The quantitative estimate of drug-likeness (QED) is 0.442. The molecule has 3 atom stereocenters. The van der Waals surface area contributed by atoms with Crippen LogP contribution >= 0.6 is 0 Å². The number of carbonyl (C=O) groups is 2. The minimum atomic E-state index is -0.319. The number of ether oxygens (including phenoxy) is 2. The maximum atomic E-state index is 12.0. The molecule has 0 aromatic carbocycles. The summed E-state index contributed by atoms with van der Waals surface area (Å²) in [6, 6.07) is 0. The summed E-state index contributed by atoms with van der Waals surface area (Å²) in [6.45, 7) is 3.83. The van der Waals surface area contributed by atoms with Crippen LogP contribution in [0.2, 0.25) is 0 Å². The largest absolute Gasteiger partial charge is 0.624 e. The van der Waals surface area contributed by atoms with Crippen molar-refractivity contribution in [2.24, 2.45) is 11.8 Å². The fourth-order valence-electron chi connectivity index (χ4n) is 3.21. The Balaban J connectivity index is 2.14. The van der Waals surface area contributed by atoms with Crippen molar-refractivity contribution in [3.63, 3.8) is 0 Å². The van der Waals surface area contributed by atoms with E-state index in [2.05, 4.69) is 0 Å². The Kier molecular flexibility index (Phi) is 4.62. The zero-order chi connectivity index (χ0) is 14.7. The van der Waals surface area contributed by atoms with E-state index in [1.54, 1.807) is 6.92 Å². The van der Waals surface area contributed by atoms with Crippen molar-refractivity contribution in [1.29, 1.82) is 0 Å². The van der Waals surface area contributed by atoms with E-state index in [1.165, 1.54) is 6.92 Å². The Morgan fingerprint density at radius 3 is 2.80 bits per heavy atom. The van der Waals surface area contributed by atoms with Gasteiger partial charge >= 0.3 is 11.9 Å². The highest BCUT2D eigenvalue weighted by atomic mass is 16.5. The minimum absolute atomic E-state index is 0.154. The average molecular weight is 283 g/mol. The molecule has 0 spiro atoms. The highest BCUT2D eigenvalue weighted by molar-refractivity contribution is 5.89. The average Bonchev–Trinajstić information content (AvgIpc) is 2.38. The summed E-state index contributed by atoms with van der Waals surface area (Å²) in [7, 11) is 0. The van der Waals surface area contributed by atoms with E-state index in [9.17, 15) is 14.8 Å². The first-order chi connectivity index (χ1) is 9.52. The summed E-state index contributed by atoms with van der Waals surface area (Å²) in [5.41, 5.74) is 0.762. The fraction of sp³-hybridized carbons (Fsp3) is 0.786. The second kappa shape index (κ2) is 6.24. The molecular formula is C14H21NO5. The highest BCUT2D eigenvalue weighted by Crippen LogP contribution is 2.35. The highest BCUT2D eigenvalue weighted by Gasteiger charge is 2.45. The molecule has 3 unspecified atom stereocenters. The molecule has 0 aromatic heterocycles. The van der Waals surface area contributed by atoms with Crippen LogP contribution in [0.25, 0.3) is 0 Å². The molecule has 0 amide bonds. The van der Waals surface area contributed by atoms with E-state index in [0.717, 1.165) is 10.5 Å².